The molecule has 1 aromatic carbocycles. The Morgan fingerprint density at radius 3 is 3.00 bits per heavy atom. The van der Waals surface area contributed by atoms with Crippen LogP contribution in [-0.2, 0) is 11.2 Å². The number of rotatable bonds is 6. The molecule has 0 saturated carbocycles. The second-order valence-corrected chi connectivity index (χ2v) is 4.82. The smallest absolute Gasteiger partial charge is 0.187 e. The van der Waals surface area contributed by atoms with Gasteiger partial charge in [0.15, 0.2) is 5.11 Å². The van der Waals surface area contributed by atoms with Gasteiger partial charge in [0.2, 0.25) is 0 Å². The minimum absolute atomic E-state index is 0.467. The zero-order chi connectivity index (χ0) is 15.1. The highest BCUT2D eigenvalue weighted by molar-refractivity contribution is 7.80. The van der Waals surface area contributed by atoms with E-state index in [2.05, 4.69) is 22.8 Å². The lowest BCUT2D eigenvalue weighted by Gasteiger charge is -2.05. The Balaban J connectivity index is 2.05. The topological polar surface area (TPSA) is 58.8 Å². The molecule has 0 fully saturated rings. The van der Waals surface area contributed by atoms with Crippen LogP contribution in [-0.4, -0.2) is 31.6 Å². The molecule has 6 heteroatoms. The van der Waals surface area contributed by atoms with Crippen molar-refractivity contribution < 1.29 is 9.15 Å². The monoisotopic (exact) mass is 305 g/mol. The van der Waals surface area contributed by atoms with Gasteiger partial charge in [-0.25, -0.2) is 0 Å². The van der Waals surface area contributed by atoms with E-state index in [1.807, 2.05) is 24.3 Å². The standard InChI is InChI=1S/C15H19N3O2S/c1-3-13-12(11-6-4-5-7-14(11)20-13)10-17-18-15(21)16-8-9-19-2/h4-7,10H,3,8-9H2,1-2H3,(H2,16,18,21)/b17-10-. The summed E-state index contributed by atoms with van der Waals surface area (Å²) in [6, 6.07) is 7.92. The first-order valence-electron chi connectivity index (χ1n) is 6.82. The van der Waals surface area contributed by atoms with Gasteiger partial charge < -0.3 is 14.5 Å². The van der Waals surface area contributed by atoms with Gasteiger partial charge in [0.1, 0.15) is 11.3 Å². The summed E-state index contributed by atoms with van der Waals surface area (Å²) in [6.45, 7) is 3.30. The van der Waals surface area contributed by atoms with Crippen LogP contribution in [0.5, 0.6) is 0 Å². The van der Waals surface area contributed by atoms with Gasteiger partial charge in [-0.2, -0.15) is 5.10 Å². The number of benzene rings is 1. The van der Waals surface area contributed by atoms with Crippen molar-refractivity contribution in [2.45, 2.75) is 13.3 Å². The first-order valence-corrected chi connectivity index (χ1v) is 7.23. The number of methoxy groups -OCH3 is 1. The third kappa shape index (κ3) is 4.03. The Labute approximate surface area is 129 Å². The molecular formula is C15H19N3O2S. The summed E-state index contributed by atoms with van der Waals surface area (Å²) in [4.78, 5) is 0. The van der Waals surface area contributed by atoms with E-state index in [0.717, 1.165) is 28.7 Å². The molecular weight excluding hydrogens is 286 g/mol. The van der Waals surface area contributed by atoms with E-state index in [0.29, 0.717) is 18.3 Å². The van der Waals surface area contributed by atoms with E-state index in [1.54, 1.807) is 13.3 Å². The van der Waals surface area contributed by atoms with Gasteiger partial charge in [-0.05, 0) is 18.3 Å². The number of para-hydroxylation sites is 1. The van der Waals surface area contributed by atoms with E-state index < -0.39 is 0 Å². The molecule has 0 spiro atoms. The zero-order valence-corrected chi connectivity index (χ0v) is 13.0. The summed E-state index contributed by atoms with van der Waals surface area (Å²) >= 11 is 5.10. The number of nitrogens with zero attached hydrogens (tertiary/aromatic N) is 1. The molecule has 2 rings (SSSR count). The number of thiocarbonyl (C=S) groups is 1. The number of furan rings is 1. The van der Waals surface area contributed by atoms with Gasteiger partial charge in [0.05, 0.1) is 12.8 Å². The first-order chi connectivity index (χ1) is 10.3. The van der Waals surface area contributed by atoms with Crippen LogP contribution in [0.2, 0.25) is 0 Å². The molecule has 0 aliphatic rings. The molecule has 21 heavy (non-hydrogen) atoms. The lowest BCUT2D eigenvalue weighted by atomic mass is 10.1. The third-order valence-corrected chi connectivity index (χ3v) is 3.22. The fourth-order valence-corrected chi connectivity index (χ4v) is 2.14. The van der Waals surface area contributed by atoms with Gasteiger partial charge >= 0.3 is 0 Å². The van der Waals surface area contributed by atoms with Crippen LogP contribution in [0.3, 0.4) is 0 Å². The highest BCUT2D eigenvalue weighted by atomic mass is 32.1. The maximum Gasteiger partial charge on any atom is 0.187 e. The minimum atomic E-state index is 0.467. The van der Waals surface area contributed by atoms with Crippen molar-refractivity contribution in [3.63, 3.8) is 0 Å². The fourth-order valence-electron chi connectivity index (χ4n) is 1.98. The first kappa shape index (κ1) is 15.5. The van der Waals surface area contributed by atoms with Crippen molar-refractivity contribution >= 4 is 34.5 Å². The van der Waals surface area contributed by atoms with Gasteiger partial charge in [0.25, 0.3) is 0 Å². The molecule has 0 aliphatic carbocycles. The normalized spacial score (nSPS) is 11.1. The Morgan fingerprint density at radius 1 is 1.43 bits per heavy atom. The van der Waals surface area contributed by atoms with Crippen LogP contribution in [0.25, 0.3) is 11.0 Å². The molecule has 1 heterocycles. The summed E-state index contributed by atoms with van der Waals surface area (Å²) in [7, 11) is 1.65. The Morgan fingerprint density at radius 2 is 2.24 bits per heavy atom. The molecule has 2 aromatic rings. The molecule has 0 atom stereocenters. The Kier molecular flexibility index (Phi) is 5.71. The molecule has 112 valence electrons. The van der Waals surface area contributed by atoms with E-state index in [9.17, 15) is 0 Å². The average Bonchev–Trinajstić information content (AvgIpc) is 2.86. The van der Waals surface area contributed by atoms with Gasteiger partial charge in [-0.1, -0.05) is 25.1 Å². The largest absolute Gasteiger partial charge is 0.460 e. The number of ether oxygens (including phenoxy) is 1. The molecule has 2 N–H and O–H groups in total. The second kappa shape index (κ2) is 7.75. The van der Waals surface area contributed by atoms with Crippen LogP contribution in [0.15, 0.2) is 33.8 Å². The van der Waals surface area contributed by atoms with Gasteiger partial charge in [0, 0.05) is 31.0 Å². The Hall–Kier alpha value is -1.92. The molecule has 0 amide bonds. The molecule has 0 aliphatic heterocycles. The summed E-state index contributed by atoms with van der Waals surface area (Å²) < 4.78 is 10.7. The third-order valence-electron chi connectivity index (χ3n) is 2.98. The van der Waals surface area contributed by atoms with Crippen molar-refractivity contribution in [1.82, 2.24) is 10.7 Å². The van der Waals surface area contributed by atoms with Gasteiger partial charge in [-0.3, -0.25) is 5.43 Å². The summed E-state index contributed by atoms with van der Waals surface area (Å²) in [5.74, 6) is 0.917. The van der Waals surface area contributed by atoms with E-state index >= 15 is 0 Å². The summed E-state index contributed by atoms with van der Waals surface area (Å²) in [5.41, 5.74) is 4.65. The van der Waals surface area contributed by atoms with Crippen molar-refractivity contribution in [1.29, 1.82) is 0 Å². The number of nitrogens with one attached hydrogen (secondary N) is 2. The fraction of sp³-hybridized carbons (Fsp3) is 0.333. The van der Waals surface area contributed by atoms with E-state index in [1.165, 1.54) is 0 Å². The lowest BCUT2D eigenvalue weighted by Crippen LogP contribution is -2.34. The number of hydrogen-bond acceptors (Lipinski definition) is 4. The van der Waals surface area contributed by atoms with Crippen LogP contribution >= 0.6 is 12.2 Å². The maximum absolute atomic E-state index is 5.80. The van der Waals surface area contributed by atoms with Crippen molar-refractivity contribution in [3.05, 3.63) is 35.6 Å². The van der Waals surface area contributed by atoms with Gasteiger partial charge in [-0.15, -0.1) is 0 Å². The highest BCUT2D eigenvalue weighted by Crippen LogP contribution is 2.24. The highest BCUT2D eigenvalue weighted by Gasteiger charge is 2.10. The number of hydrazone groups is 1. The number of aryl methyl sites for hydroxylation is 1. The summed E-state index contributed by atoms with van der Waals surface area (Å²) in [6.07, 6.45) is 2.56. The van der Waals surface area contributed by atoms with E-state index in [-0.39, 0.29) is 0 Å². The quantitative estimate of drug-likeness (QED) is 0.371. The van der Waals surface area contributed by atoms with Crippen molar-refractivity contribution in [2.75, 3.05) is 20.3 Å². The predicted octanol–water partition coefficient (Wildman–Crippen LogP) is 2.44. The molecule has 0 unspecified atom stereocenters. The van der Waals surface area contributed by atoms with Crippen LogP contribution in [0.4, 0.5) is 0 Å². The van der Waals surface area contributed by atoms with Crippen LogP contribution in [0, 0.1) is 0 Å². The number of hydrogen-bond donors (Lipinski definition) is 2. The Bertz CT molecular complexity index is 637. The van der Waals surface area contributed by atoms with E-state index in [4.69, 9.17) is 21.4 Å². The van der Waals surface area contributed by atoms with Crippen molar-refractivity contribution in [2.24, 2.45) is 5.10 Å². The van der Waals surface area contributed by atoms with Crippen LogP contribution in [0.1, 0.15) is 18.2 Å². The maximum atomic E-state index is 5.80. The predicted molar refractivity (Wildman–Crippen MR) is 88.8 cm³/mol. The lowest BCUT2D eigenvalue weighted by molar-refractivity contribution is 0.204. The van der Waals surface area contributed by atoms with Crippen LogP contribution < -0.4 is 10.7 Å². The number of fused-ring (bicyclic) bond motifs is 1. The zero-order valence-electron chi connectivity index (χ0n) is 12.2. The molecule has 0 saturated heterocycles. The SMILES string of the molecule is CCc1oc2ccccc2c1/C=N\NC(=S)NCCOC. The second-order valence-electron chi connectivity index (χ2n) is 4.41. The molecule has 0 bridgehead atoms. The minimum Gasteiger partial charge on any atom is -0.460 e. The summed E-state index contributed by atoms with van der Waals surface area (Å²) in [5, 5.41) is 8.68. The molecule has 0 radical (unpaired) electrons. The average molecular weight is 305 g/mol. The molecule has 5 nitrogen and oxygen atoms in total. The van der Waals surface area contributed by atoms with Crippen molar-refractivity contribution in [3.8, 4) is 0 Å². The molecule has 1 aromatic heterocycles.